The molecule has 1 aromatic heterocycles. The quantitative estimate of drug-likeness (QED) is 0.908. The fraction of sp³-hybridized carbons (Fsp3) is 0.167. The van der Waals surface area contributed by atoms with Crippen LogP contribution >= 0.6 is 0 Å². The van der Waals surface area contributed by atoms with Crippen molar-refractivity contribution in [3.63, 3.8) is 0 Å². The molecule has 0 aliphatic heterocycles. The molecule has 0 atom stereocenters. The van der Waals surface area contributed by atoms with Crippen molar-refractivity contribution in [1.82, 2.24) is 9.97 Å². The van der Waals surface area contributed by atoms with E-state index in [1.807, 2.05) is 0 Å². The lowest BCUT2D eigenvalue weighted by Crippen LogP contribution is -2.06. The Hall–Kier alpha value is -2.24. The molecule has 0 bridgehead atoms. The van der Waals surface area contributed by atoms with Gasteiger partial charge in [0.1, 0.15) is 18.2 Å². The van der Waals surface area contributed by atoms with Gasteiger partial charge < -0.3 is 10.5 Å². The smallest absolute Gasteiger partial charge is 0.257 e. The van der Waals surface area contributed by atoms with Crippen molar-refractivity contribution >= 4 is 5.82 Å². The van der Waals surface area contributed by atoms with Crippen LogP contribution in [-0.4, -0.2) is 9.97 Å². The largest absolute Gasteiger partial charge is 0.470 e. The summed E-state index contributed by atoms with van der Waals surface area (Å²) in [5.74, 6) is -1.20. The molecular weight excluding hydrogens is 240 g/mol. The van der Waals surface area contributed by atoms with Gasteiger partial charge in [-0.05, 0) is 19.1 Å². The summed E-state index contributed by atoms with van der Waals surface area (Å²) >= 11 is 0. The van der Waals surface area contributed by atoms with Gasteiger partial charge in [-0.25, -0.2) is 18.7 Å². The second-order valence-corrected chi connectivity index (χ2v) is 3.69. The Bertz CT molecular complexity index is 555. The van der Waals surface area contributed by atoms with Gasteiger partial charge in [-0.1, -0.05) is 6.07 Å². The predicted octanol–water partition coefficient (Wildman–Crippen LogP) is 2.22. The monoisotopic (exact) mass is 251 g/mol. The van der Waals surface area contributed by atoms with E-state index in [1.165, 1.54) is 12.3 Å². The molecule has 0 radical (unpaired) electrons. The molecule has 4 nitrogen and oxygen atoms in total. The zero-order valence-corrected chi connectivity index (χ0v) is 9.65. The van der Waals surface area contributed by atoms with Crippen molar-refractivity contribution in [3.8, 4) is 5.88 Å². The van der Waals surface area contributed by atoms with E-state index < -0.39 is 11.6 Å². The van der Waals surface area contributed by atoms with E-state index in [4.69, 9.17) is 10.5 Å². The Morgan fingerprint density at radius 2 is 1.94 bits per heavy atom. The highest BCUT2D eigenvalue weighted by atomic mass is 19.1. The van der Waals surface area contributed by atoms with Crippen LogP contribution in [0.4, 0.5) is 14.6 Å². The summed E-state index contributed by atoms with van der Waals surface area (Å²) in [4.78, 5) is 7.83. The van der Waals surface area contributed by atoms with Crippen LogP contribution < -0.4 is 10.5 Å². The second-order valence-electron chi connectivity index (χ2n) is 3.69. The van der Waals surface area contributed by atoms with Crippen LogP contribution in [0.2, 0.25) is 0 Å². The summed E-state index contributed by atoms with van der Waals surface area (Å²) in [6.45, 7) is 1.42. The van der Waals surface area contributed by atoms with Crippen LogP contribution in [0, 0.1) is 18.6 Å². The van der Waals surface area contributed by atoms with Gasteiger partial charge in [0.2, 0.25) is 0 Å². The maximum Gasteiger partial charge on any atom is 0.257 e. The van der Waals surface area contributed by atoms with Crippen LogP contribution in [0.15, 0.2) is 24.4 Å². The number of ether oxygens (including phenoxy) is 1. The number of nitrogens with zero attached hydrogens (tertiary/aromatic N) is 2. The van der Waals surface area contributed by atoms with Crippen LogP contribution in [-0.2, 0) is 6.61 Å². The summed E-state index contributed by atoms with van der Waals surface area (Å²) < 4.78 is 31.9. The molecule has 0 unspecified atom stereocenters. The lowest BCUT2D eigenvalue weighted by Gasteiger charge is -2.09. The molecule has 94 valence electrons. The van der Waals surface area contributed by atoms with E-state index in [0.717, 1.165) is 12.1 Å². The van der Waals surface area contributed by atoms with Crippen LogP contribution in [0.1, 0.15) is 11.3 Å². The highest BCUT2D eigenvalue weighted by Gasteiger charge is 2.11. The molecule has 0 amide bonds. The van der Waals surface area contributed by atoms with Crippen LogP contribution in [0.25, 0.3) is 0 Å². The lowest BCUT2D eigenvalue weighted by molar-refractivity contribution is 0.281. The molecule has 1 aromatic carbocycles. The molecule has 0 spiro atoms. The molecule has 1 heterocycles. The SMILES string of the molecule is Cc1cnc(N)c(OCc2c(F)cccc2F)n1. The van der Waals surface area contributed by atoms with Crippen molar-refractivity contribution in [2.75, 3.05) is 5.73 Å². The zero-order chi connectivity index (χ0) is 13.1. The third-order valence-corrected chi connectivity index (χ3v) is 2.30. The average Bonchev–Trinajstić information content (AvgIpc) is 2.33. The average molecular weight is 251 g/mol. The normalized spacial score (nSPS) is 10.4. The van der Waals surface area contributed by atoms with Gasteiger partial charge in [-0.3, -0.25) is 0 Å². The minimum atomic E-state index is -0.672. The zero-order valence-electron chi connectivity index (χ0n) is 9.65. The van der Waals surface area contributed by atoms with E-state index in [9.17, 15) is 8.78 Å². The van der Waals surface area contributed by atoms with Gasteiger partial charge >= 0.3 is 0 Å². The molecule has 6 heteroatoms. The second kappa shape index (κ2) is 4.95. The number of rotatable bonds is 3. The highest BCUT2D eigenvalue weighted by Crippen LogP contribution is 2.19. The number of hydrogen-bond acceptors (Lipinski definition) is 4. The Morgan fingerprint density at radius 3 is 2.61 bits per heavy atom. The number of halogens is 2. The van der Waals surface area contributed by atoms with Crippen molar-refractivity contribution in [2.45, 2.75) is 13.5 Å². The van der Waals surface area contributed by atoms with E-state index >= 15 is 0 Å². The maximum absolute atomic E-state index is 13.3. The van der Waals surface area contributed by atoms with Crippen molar-refractivity contribution in [3.05, 3.63) is 47.3 Å². The van der Waals surface area contributed by atoms with Gasteiger partial charge in [0, 0.05) is 0 Å². The van der Waals surface area contributed by atoms with E-state index in [1.54, 1.807) is 6.92 Å². The molecule has 0 saturated heterocycles. The standard InChI is InChI=1S/C12H11F2N3O/c1-7-5-16-11(15)12(17-7)18-6-8-9(13)3-2-4-10(8)14/h2-5H,6H2,1H3,(H2,15,16). The predicted molar refractivity (Wildman–Crippen MR) is 61.9 cm³/mol. The first-order valence-corrected chi connectivity index (χ1v) is 5.22. The van der Waals surface area contributed by atoms with Gasteiger partial charge in [-0.2, -0.15) is 0 Å². The maximum atomic E-state index is 13.3. The molecule has 18 heavy (non-hydrogen) atoms. The number of aromatic nitrogens is 2. The third kappa shape index (κ3) is 2.53. The van der Waals surface area contributed by atoms with Crippen LogP contribution in [0.5, 0.6) is 5.88 Å². The van der Waals surface area contributed by atoms with Gasteiger partial charge in [0.05, 0.1) is 17.5 Å². The number of benzene rings is 1. The Morgan fingerprint density at radius 1 is 1.28 bits per heavy atom. The van der Waals surface area contributed by atoms with Gasteiger partial charge in [0.25, 0.3) is 5.88 Å². The summed E-state index contributed by atoms with van der Waals surface area (Å²) in [6, 6.07) is 3.61. The Labute approximate surface area is 102 Å². The number of aryl methyl sites for hydroxylation is 1. The fourth-order valence-electron chi connectivity index (χ4n) is 1.38. The number of nitrogen functional groups attached to an aromatic ring is 1. The molecule has 0 fully saturated rings. The summed E-state index contributed by atoms with van der Waals surface area (Å²) in [5.41, 5.74) is 5.98. The molecule has 2 N–H and O–H groups in total. The minimum absolute atomic E-state index is 0.0673. The highest BCUT2D eigenvalue weighted by molar-refractivity contribution is 5.40. The Kier molecular flexibility index (Phi) is 3.36. The molecular formula is C12H11F2N3O. The van der Waals surface area contributed by atoms with Crippen molar-refractivity contribution < 1.29 is 13.5 Å². The first kappa shape index (κ1) is 12.2. The van der Waals surface area contributed by atoms with E-state index in [-0.39, 0.29) is 23.9 Å². The van der Waals surface area contributed by atoms with Crippen molar-refractivity contribution in [2.24, 2.45) is 0 Å². The van der Waals surface area contributed by atoms with Gasteiger partial charge in [0.15, 0.2) is 5.82 Å². The first-order chi connectivity index (χ1) is 8.58. The summed E-state index contributed by atoms with van der Waals surface area (Å²) in [7, 11) is 0. The molecule has 0 saturated carbocycles. The number of nitrogens with two attached hydrogens (primary N) is 1. The molecule has 2 aromatic rings. The van der Waals surface area contributed by atoms with Crippen molar-refractivity contribution in [1.29, 1.82) is 0 Å². The van der Waals surface area contributed by atoms with E-state index in [2.05, 4.69) is 9.97 Å². The fourth-order valence-corrected chi connectivity index (χ4v) is 1.38. The topological polar surface area (TPSA) is 61.0 Å². The van der Waals surface area contributed by atoms with Crippen LogP contribution in [0.3, 0.4) is 0 Å². The molecule has 0 aliphatic rings. The first-order valence-electron chi connectivity index (χ1n) is 5.22. The Balaban J connectivity index is 2.19. The molecule has 2 rings (SSSR count). The third-order valence-electron chi connectivity index (χ3n) is 2.30. The number of hydrogen-bond donors (Lipinski definition) is 1. The minimum Gasteiger partial charge on any atom is -0.470 e. The molecule has 0 aliphatic carbocycles. The number of anilines is 1. The summed E-state index contributed by atoms with van der Waals surface area (Å²) in [6.07, 6.45) is 1.48. The van der Waals surface area contributed by atoms with Gasteiger partial charge in [-0.15, -0.1) is 0 Å². The lowest BCUT2D eigenvalue weighted by atomic mass is 10.2. The summed E-state index contributed by atoms with van der Waals surface area (Å²) in [5, 5.41) is 0. The van der Waals surface area contributed by atoms with E-state index in [0.29, 0.717) is 5.69 Å².